The maximum Gasteiger partial charge on any atom is 0.139 e. The van der Waals surface area contributed by atoms with Crippen molar-refractivity contribution in [3.05, 3.63) is 95.7 Å². The van der Waals surface area contributed by atoms with E-state index in [1.807, 2.05) is 0 Å². The number of hydrogen-bond donors (Lipinski definition) is 2. The number of nitrogens with one attached hydrogen (secondary N) is 1. The van der Waals surface area contributed by atoms with Gasteiger partial charge in [0.2, 0.25) is 0 Å². The summed E-state index contributed by atoms with van der Waals surface area (Å²) in [5, 5.41) is 3.84. The third-order valence-electron chi connectivity index (χ3n) is 5.37. The molecule has 2 heteroatoms. The van der Waals surface area contributed by atoms with Gasteiger partial charge in [0.1, 0.15) is 6.04 Å². The van der Waals surface area contributed by atoms with Crippen LogP contribution >= 0.6 is 0 Å². The lowest BCUT2D eigenvalue weighted by atomic mass is 10.0. The number of benzene rings is 3. The predicted octanol–water partition coefficient (Wildman–Crippen LogP) is 4.04. The molecule has 2 nitrogen and oxygen atoms in total. The van der Waals surface area contributed by atoms with Crippen molar-refractivity contribution in [2.45, 2.75) is 12.5 Å². The molecule has 1 aliphatic rings. The largest absolute Gasteiger partial charge is 0.361 e. The topological polar surface area (TPSA) is 32.4 Å². The molecule has 1 heterocycles. The SMILES string of the molecule is c1ccc2c(c1)-c1ccccc1C2[NH2+]CCc1c[nH]c2ccccc12. The monoisotopic (exact) mass is 325 g/mol. The highest BCUT2D eigenvalue weighted by Gasteiger charge is 2.30. The van der Waals surface area contributed by atoms with Crippen LogP contribution in [0.1, 0.15) is 22.7 Å². The van der Waals surface area contributed by atoms with Crippen LogP contribution in [0.3, 0.4) is 0 Å². The Morgan fingerprint density at radius 2 is 1.40 bits per heavy atom. The van der Waals surface area contributed by atoms with Crippen molar-refractivity contribution in [1.82, 2.24) is 4.98 Å². The van der Waals surface area contributed by atoms with Gasteiger partial charge >= 0.3 is 0 Å². The predicted molar refractivity (Wildman–Crippen MR) is 103 cm³/mol. The molecule has 0 radical (unpaired) electrons. The Balaban J connectivity index is 1.39. The number of aromatic amines is 1. The normalized spacial score (nSPS) is 13.1. The van der Waals surface area contributed by atoms with Gasteiger partial charge in [-0.15, -0.1) is 0 Å². The summed E-state index contributed by atoms with van der Waals surface area (Å²) in [6, 6.07) is 26.6. The van der Waals surface area contributed by atoms with Crippen molar-refractivity contribution < 1.29 is 5.32 Å². The van der Waals surface area contributed by atoms with E-state index >= 15 is 0 Å². The molecule has 3 aromatic carbocycles. The van der Waals surface area contributed by atoms with E-state index in [1.165, 1.54) is 38.7 Å². The number of aromatic nitrogens is 1. The molecule has 5 rings (SSSR count). The molecule has 0 saturated heterocycles. The van der Waals surface area contributed by atoms with Crippen LogP contribution in [0.25, 0.3) is 22.0 Å². The number of fused-ring (bicyclic) bond motifs is 4. The first kappa shape index (κ1) is 14.5. The summed E-state index contributed by atoms with van der Waals surface area (Å²) in [7, 11) is 0. The van der Waals surface area contributed by atoms with Crippen LogP contribution in [0.5, 0.6) is 0 Å². The van der Waals surface area contributed by atoms with Gasteiger partial charge in [-0.3, -0.25) is 0 Å². The van der Waals surface area contributed by atoms with Crippen LogP contribution < -0.4 is 5.32 Å². The molecule has 0 saturated carbocycles. The first-order valence-corrected chi connectivity index (χ1v) is 8.98. The molecule has 122 valence electrons. The van der Waals surface area contributed by atoms with Crippen molar-refractivity contribution in [3.63, 3.8) is 0 Å². The lowest BCUT2D eigenvalue weighted by molar-refractivity contribution is -0.685. The zero-order valence-corrected chi connectivity index (χ0v) is 14.1. The van der Waals surface area contributed by atoms with Gasteiger partial charge in [-0.25, -0.2) is 0 Å². The van der Waals surface area contributed by atoms with Crippen LogP contribution in [0.2, 0.25) is 0 Å². The van der Waals surface area contributed by atoms with E-state index in [1.54, 1.807) is 0 Å². The second kappa shape index (κ2) is 5.91. The van der Waals surface area contributed by atoms with Crippen LogP contribution in [0, 0.1) is 0 Å². The zero-order valence-electron chi connectivity index (χ0n) is 14.1. The number of nitrogens with two attached hydrogens (primary N) is 1. The van der Waals surface area contributed by atoms with E-state index < -0.39 is 0 Å². The van der Waals surface area contributed by atoms with E-state index in [9.17, 15) is 0 Å². The van der Waals surface area contributed by atoms with Crippen molar-refractivity contribution >= 4 is 10.9 Å². The van der Waals surface area contributed by atoms with E-state index in [0.29, 0.717) is 6.04 Å². The van der Waals surface area contributed by atoms with E-state index in [-0.39, 0.29) is 0 Å². The van der Waals surface area contributed by atoms with E-state index in [2.05, 4.69) is 89.3 Å². The maximum absolute atomic E-state index is 3.38. The van der Waals surface area contributed by atoms with E-state index in [4.69, 9.17) is 0 Å². The third-order valence-corrected chi connectivity index (χ3v) is 5.37. The quantitative estimate of drug-likeness (QED) is 0.567. The fraction of sp³-hybridized carbons (Fsp3) is 0.130. The number of para-hydroxylation sites is 1. The molecule has 0 bridgehead atoms. The lowest BCUT2D eigenvalue weighted by Crippen LogP contribution is -2.85. The molecule has 4 aromatic rings. The third kappa shape index (κ3) is 2.38. The second-order valence-corrected chi connectivity index (χ2v) is 6.79. The summed E-state index contributed by atoms with van der Waals surface area (Å²) in [6.07, 6.45) is 3.24. The highest BCUT2D eigenvalue weighted by molar-refractivity contribution is 5.83. The van der Waals surface area contributed by atoms with Crippen molar-refractivity contribution in [1.29, 1.82) is 0 Å². The van der Waals surface area contributed by atoms with Gasteiger partial charge in [-0.1, -0.05) is 66.7 Å². The summed E-state index contributed by atoms with van der Waals surface area (Å²) in [6.45, 7) is 1.08. The van der Waals surface area contributed by atoms with Gasteiger partial charge in [0, 0.05) is 34.6 Å². The molecule has 0 spiro atoms. The van der Waals surface area contributed by atoms with Gasteiger partial charge in [-0.2, -0.15) is 0 Å². The summed E-state index contributed by atoms with van der Waals surface area (Å²) >= 11 is 0. The van der Waals surface area contributed by atoms with Crippen LogP contribution in [0.4, 0.5) is 0 Å². The van der Waals surface area contributed by atoms with Crippen molar-refractivity contribution in [2.24, 2.45) is 0 Å². The molecule has 25 heavy (non-hydrogen) atoms. The summed E-state index contributed by atoms with van der Waals surface area (Å²) in [4.78, 5) is 3.38. The first-order chi connectivity index (χ1) is 12.4. The fourth-order valence-electron chi connectivity index (χ4n) is 4.19. The van der Waals surface area contributed by atoms with Gasteiger partial charge in [0.25, 0.3) is 0 Å². The summed E-state index contributed by atoms with van der Waals surface area (Å²) in [5.74, 6) is 0. The van der Waals surface area contributed by atoms with Crippen LogP contribution in [0.15, 0.2) is 79.0 Å². The zero-order chi connectivity index (χ0) is 16.6. The molecule has 1 aromatic heterocycles. The summed E-state index contributed by atoms with van der Waals surface area (Å²) < 4.78 is 0. The minimum absolute atomic E-state index is 0.414. The van der Waals surface area contributed by atoms with Crippen LogP contribution in [-0.2, 0) is 6.42 Å². The Morgan fingerprint density at radius 1 is 0.760 bits per heavy atom. The highest BCUT2D eigenvalue weighted by atomic mass is 14.9. The number of H-pyrrole nitrogens is 1. The number of rotatable bonds is 4. The van der Waals surface area contributed by atoms with Crippen LogP contribution in [-0.4, -0.2) is 11.5 Å². The Kier molecular flexibility index (Phi) is 3.43. The Bertz CT molecular complexity index is 999. The van der Waals surface area contributed by atoms with Gasteiger partial charge in [-0.05, 0) is 22.8 Å². The minimum Gasteiger partial charge on any atom is -0.361 e. The minimum atomic E-state index is 0.414. The fourth-order valence-corrected chi connectivity index (χ4v) is 4.19. The average molecular weight is 325 g/mol. The lowest BCUT2D eigenvalue weighted by Gasteiger charge is -2.12. The molecular formula is C23H21N2+. The number of quaternary nitrogens is 1. The molecule has 1 aliphatic carbocycles. The first-order valence-electron chi connectivity index (χ1n) is 8.98. The molecule has 0 unspecified atom stereocenters. The second-order valence-electron chi connectivity index (χ2n) is 6.79. The average Bonchev–Trinajstić information content (AvgIpc) is 3.22. The standard InChI is InChI=1S/C23H20N2/c1-3-10-20-18(8-1)19-9-2-4-11-21(19)23(20)24-14-13-16-15-25-22-12-6-5-7-17(16)22/h1-12,15,23-25H,13-14H2/p+1. The Labute approximate surface area is 147 Å². The molecule has 3 N–H and O–H groups in total. The smallest absolute Gasteiger partial charge is 0.139 e. The van der Waals surface area contributed by atoms with Gasteiger partial charge in [0.15, 0.2) is 0 Å². The Hall–Kier alpha value is -2.84. The summed E-state index contributed by atoms with van der Waals surface area (Å²) in [5.41, 5.74) is 8.32. The van der Waals surface area contributed by atoms with Crippen molar-refractivity contribution in [3.8, 4) is 11.1 Å². The van der Waals surface area contributed by atoms with Gasteiger partial charge < -0.3 is 10.3 Å². The highest BCUT2D eigenvalue weighted by Crippen LogP contribution is 2.40. The van der Waals surface area contributed by atoms with Gasteiger partial charge in [0.05, 0.1) is 6.54 Å². The molecular weight excluding hydrogens is 304 g/mol. The van der Waals surface area contributed by atoms with E-state index in [0.717, 1.165) is 13.0 Å². The molecule has 0 fully saturated rings. The molecule has 0 aliphatic heterocycles. The number of hydrogen-bond acceptors (Lipinski definition) is 0. The molecule has 0 amide bonds. The molecule has 0 atom stereocenters. The Morgan fingerprint density at radius 3 is 2.16 bits per heavy atom. The van der Waals surface area contributed by atoms with Crippen molar-refractivity contribution in [2.75, 3.05) is 6.54 Å². The maximum atomic E-state index is 3.38.